The second kappa shape index (κ2) is 7.61. The highest BCUT2D eigenvalue weighted by Crippen LogP contribution is 2.28. The fourth-order valence-corrected chi connectivity index (χ4v) is 3.22. The minimum absolute atomic E-state index is 0.0961. The maximum Gasteiger partial charge on any atom is 0.238 e. The van der Waals surface area contributed by atoms with Crippen LogP contribution < -0.4 is 10.2 Å². The highest BCUT2D eigenvalue weighted by atomic mass is 35.5. The molecular weight excluding hydrogens is 378 g/mol. The number of amidine groups is 1. The van der Waals surface area contributed by atoms with E-state index in [-0.39, 0.29) is 12.1 Å². The number of hydrogen-bond donors (Lipinski definition) is 1. The SMILES string of the molecule is COc1nc(C2=N[C@@H](C)[C@@H](c3ccc(Cl)cc3)ON2)ccc1-n1cnc(C)c1. The molecular formula is C20H20ClN5O2. The van der Waals surface area contributed by atoms with E-state index in [1.165, 1.54) is 0 Å². The van der Waals surface area contributed by atoms with E-state index in [0.29, 0.717) is 22.4 Å². The molecule has 0 fully saturated rings. The molecule has 0 bridgehead atoms. The summed E-state index contributed by atoms with van der Waals surface area (Å²) in [4.78, 5) is 19.4. The topological polar surface area (TPSA) is 73.6 Å². The number of benzene rings is 1. The number of nitrogens with zero attached hydrogens (tertiary/aromatic N) is 4. The second-order valence-corrected chi connectivity index (χ2v) is 6.99. The number of aromatic nitrogens is 3. The Hall–Kier alpha value is -2.90. The van der Waals surface area contributed by atoms with Crippen LogP contribution in [0.2, 0.25) is 5.02 Å². The number of halogens is 1. The van der Waals surface area contributed by atoms with Crippen molar-refractivity contribution in [2.45, 2.75) is 26.0 Å². The van der Waals surface area contributed by atoms with E-state index in [1.807, 2.05) is 61.0 Å². The van der Waals surface area contributed by atoms with Crippen molar-refractivity contribution < 1.29 is 9.57 Å². The van der Waals surface area contributed by atoms with E-state index in [2.05, 4.69) is 15.4 Å². The molecule has 1 aliphatic rings. The zero-order valence-corrected chi connectivity index (χ0v) is 16.5. The van der Waals surface area contributed by atoms with E-state index in [4.69, 9.17) is 26.2 Å². The van der Waals surface area contributed by atoms with Gasteiger partial charge in [-0.05, 0) is 43.7 Å². The van der Waals surface area contributed by atoms with Gasteiger partial charge in [0.2, 0.25) is 5.88 Å². The molecule has 1 aromatic carbocycles. The minimum atomic E-state index is -0.212. The summed E-state index contributed by atoms with van der Waals surface area (Å²) in [6.45, 7) is 3.93. The lowest BCUT2D eigenvalue weighted by Crippen LogP contribution is -2.37. The van der Waals surface area contributed by atoms with Crippen molar-refractivity contribution in [1.82, 2.24) is 20.0 Å². The third-order valence-corrected chi connectivity index (χ3v) is 4.77. The average molecular weight is 398 g/mol. The monoisotopic (exact) mass is 397 g/mol. The number of aliphatic imine (C=N–C) groups is 1. The van der Waals surface area contributed by atoms with E-state index in [1.54, 1.807) is 13.4 Å². The van der Waals surface area contributed by atoms with Crippen molar-refractivity contribution >= 4 is 17.4 Å². The number of hydroxylamine groups is 1. The number of nitrogens with one attached hydrogen (secondary N) is 1. The van der Waals surface area contributed by atoms with E-state index in [9.17, 15) is 0 Å². The minimum Gasteiger partial charge on any atom is -0.479 e. The van der Waals surface area contributed by atoms with Gasteiger partial charge in [0.1, 0.15) is 17.5 Å². The van der Waals surface area contributed by atoms with Crippen LogP contribution in [0, 0.1) is 6.92 Å². The predicted molar refractivity (Wildman–Crippen MR) is 107 cm³/mol. The third kappa shape index (κ3) is 3.58. The number of pyridine rings is 1. The summed E-state index contributed by atoms with van der Waals surface area (Å²) in [7, 11) is 1.59. The van der Waals surface area contributed by atoms with Crippen LogP contribution in [0.4, 0.5) is 0 Å². The van der Waals surface area contributed by atoms with Gasteiger partial charge < -0.3 is 9.30 Å². The molecule has 0 unspecified atom stereocenters. The highest BCUT2D eigenvalue weighted by molar-refractivity contribution is 6.30. The van der Waals surface area contributed by atoms with Gasteiger partial charge in [0, 0.05) is 11.2 Å². The Morgan fingerprint density at radius 2 is 1.96 bits per heavy atom. The molecule has 4 rings (SSSR count). The van der Waals surface area contributed by atoms with Crippen LogP contribution in [-0.4, -0.2) is 33.5 Å². The van der Waals surface area contributed by atoms with Gasteiger partial charge in [0.25, 0.3) is 0 Å². The average Bonchev–Trinajstić information content (AvgIpc) is 3.14. The van der Waals surface area contributed by atoms with Gasteiger partial charge in [-0.15, -0.1) is 0 Å². The Morgan fingerprint density at radius 1 is 1.18 bits per heavy atom. The first-order chi connectivity index (χ1) is 13.5. The zero-order chi connectivity index (χ0) is 19.7. The Balaban J connectivity index is 1.61. The summed E-state index contributed by atoms with van der Waals surface area (Å²) < 4.78 is 7.34. The molecule has 0 radical (unpaired) electrons. The van der Waals surface area contributed by atoms with Gasteiger partial charge in [-0.1, -0.05) is 23.7 Å². The molecule has 0 spiro atoms. The molecule has 0 saturated carbocycles. The fourth-order valence-electron chi connectivity index (χ4n) is 3.10. The molecule has 0 saturated heterocycles. The van der Waals surface area contributed by atoms with Crippen LogP contribution in [-0.2, 0) is 4.84 Å². The van der Waals surface area contributed by atoms with Gasteiger partial charge in [-0.3, -0.25) is 9.83 Å². The first-order valence-corrected chi connectivity index (χ1v) is 9.24. The summed E-state index contributed by atoms with van der Waals surface area (Å²) in [5.74, 6) is 1.04. The number of aryl methyl sites for hydroxylation is 1. The number of imidazole rings is 1. The van der Waals surface area contributed by atoms with Gasteiger partial charge in [0.15, 0.2) is 5.84 Å². The van der Waals surface area contributed by atoms with Crippen LogP contribution >= 0.6 is 11.6 Å². The Morgan fingerprint density at radius 3 is 2.61 bits per heavy atom. The molecule has 3 heterocycles. The molecule has 3 aromatic rings. The number of methoxy groups -OCH3 is 1. The van der Waals surface area contributed by atoms with Gasteiger partial charge in [-0.2, -0.15) is 0 Å². The lowest BCUT2D eigenvalue weighted by atomic mass is 10.0. The summed E-state index contributed by atoms with van der Waals surface area (Å²) in [6, 6.07) is 11.3. The van der Waals surface area contributed by atoms with Crippen molar-refractivity contribution in [2.75, 3.05) is 7.11 Å². The molecule has 2 aromatic heterocycles. The molecule has 1 N–H and O–H groups in total. The molecule has 144 valence electrons. The number of hydrogen-bond acceptors (Lipinski definition) is 6. The lowest BCUT2D eigenvalue weighted by molar-refractivity contribution is -0.0140. The molecule has 0 amide bonds. The Bertz CT molecular complexity index is 1020. The fraction of sp³-hybridized carbons (Fsp3) is 0.250. The van der Waals surface area contributed by atoms with Crippen LogP contribution in [0.1, 0.15) is 30.0 Å². The van der Waals surface area contributed by atoms with Crippen molar-refractivity contribution in [3.05, 3.63) is 70.9 Å². The van der Waals surface area contributed by atoms with Crippen molar-refractivity contribution in [1.29, 1.82) is 0 Å². The normalized spacial score (nSPS) is 19.1. The summed E-state index contributed by atoms with van der Waals surface area (Å²) in [5, 5.41) is 0.689. The maximum absolute atomic E-state index is 5.97. The summed E-state index contributed by atoms with van der Waals surface area (Å²) in [6.07, 6.45) is 3.43. The largest absolute Gasteiger partial charge is 0.479 e. The van der Waals surface area contributed by atoms with E-state index >= 15 is 0 Å². The number of ether oxygens (including phenoxy) is 1. The molecule has 8 heteroatoms. The molecule has 0 aliphatic carbocycles. The van der Waals surface area contributed by atoms with Crippen molar-refractivity contribution in [2.24, 2.45) is 4.99 Å². The standard InChI is InChI=1S/C20H20ClN5O2/c1-12-10-26(11-22-12)17-9-8-16(24-20(17)27-3)19-23-13(2)18(28-25-19)14-4-6-15(21)7-5-14/h4-11,13,18H,1-3H3,(H,23,25)/t13-,18-/m0/s1. The number of rotatable bonds is 4. The zero-order valence-electron chi connectivity index (χ0n) is 15.8. The van der Waals surface area contributed by atoms with Gasteiger partial charge in [-0.25, -0.2) is 15.4 Å². The van der Waals surface area contributed by atoms with Crippen molar-refractivity contribution in [3.63, 3.8) is 0 Å². The smallest absolute Gasteiger partial charge is 0.238 e. The van der Waals surface area contributed by atoms with Crippen LogP contribution in [0.25, 0.3) is 5.69 Å². The van der Waals surface area contributed by atoms with Gasteiger partial charge >= 0.3 is 0 Å². The van der Waals surface area contributed by atoms with Crippen LogP contribution in [0.15, 0.2) is 53.9 Å². The second-order valence-electron chi connectivity index (χ2n) is 6.56. The first-order valence-electron chi connectivity index (χ1n) is 8.86. The van der Waals surface area contributed by atoms with Crippen LogP contribution in [0.5, 0.6) is 5.88 Å². The Labute approximate surface area is 168 Å². The quantitative estimate of drug-likeness (QED) is 0.727. The van der Waals surface area contributed by atoms with Gasteiger partial charge in [0.05, 0.1) is 25.2 Å². The molecule has 1 aliphatic heterocycles. The molecule has 28 heavy (non-hydrogen) atoms. The Kier molecular flexibility index (Phi) is 5.02. The van der Waals surface area contributed by atoms with Crippen LogP contribution in [0.3, 0.4) is 0 Å². The summed E-state index contributed by atoms with van der Waals surface area (Å²) in [5.41, 5.74) is 6.28. The molecule has 2 atom stereocenters. The maximum atomic E-state index is 5.97. The summed E-state index contributed by atoms with van der Waals surface area (Å²) >= 11 is 5.97. The molecule has 7 nitrogen and oxygen atoms in total. The lowest BCUT2D eigenvalue weighted by Gasteiger charge is -2.28. The van der Waals surface area contributed by atoms with Crippen molar-refractivity contribution in [3.8, 4) is 11.6 Å². The first kappa shape index (κ1) is 18.5. The third-order valence-electron chi connectivity index (χ3n) is 4.52. The highest BCUT2D eigenvalue weighted by Gasteiger charge is 2.27. The van der Waals surface area contributed by atoms with E-state index < -0.39 is 0 Å². The predicted octanol–water partition coefficient (Wildman–Crippen LogP) is 3.65. The van der Waals surface area contributed by atoms with E-state index in [0.717, 1.165) is 16.9 Å².